The van der Waals surface area contributed by atoms with Gasteiger partial charge in [-0.25, -0.2) is 14.4 Å². The summed E-state index contributed by atoms with van der Waals surface area (Å²) in [7, 11) is -2.49. The third kappa shape index (κ3) is 16.8. The molecule has 9 rings (SSSR count). The molecule has 3 saturated heterocycles. The largest absolute Gasteiger partial charge is 0.487 e. The molecule has 5 heterocycles. The van der Waals surface area contributed by atoms with Gasteiger partial charge >= 0.3 is 18.2 Å². The van der Waals surface area contributed by atoms with Gasteiger partial charge in [-0.3, -0.25) is 14.5 Å². The summed E-state index contributed by atoms with van der Waals surface area (Å²) in [5, 5.41) is 10.6. The zero-order valence-corrected chi connectivity index (χ0v) is 47.7. The first-order valence-electron chi connectivity index (χ1n) is 27.0. The summed E-state index contributed by atoms with van der Waals surface area (Å²) in [6.07, 6.45) is 1.33. The monoisotopic (exact) mass is 1100 g/mol. The fraction of sp³-hybridized carbons (Fsp3) is 0.426. The van der Waals surface area contributed by atoms with Crippen molar-refractivity contribution in [2.75, 3.05) is 39.3 Å². The Balaban J connectivity index is 0.00000294. The van der Waals surface area contributed by atoms with Crippen molar-refractivity contribution in [1.82, 2.24) is 20.1 Å². The fourth-order valence-corrected chi connectivity index (χ4v) is 10.6. The van der Waals surface area contributed by atoms with Crippen molar-refractivity contribution in [3.05, 3.63) is 165 Å². The van der Waals surface area contributed by atoms with Crippen LogP contribution in [0.5, 0.6) is 11.5 Å². The molecular formula is C61H76N4O13Si. The second-order valence-corrected chi connectivity index (χ2v) is 27.2. The van der Waals surface area contributed by atoms with Crippen LogP contribution in [-0.2, 0) is 36.6 Å². The minimum absolute atomic E-state index is 0.0354. The van der Waals surface area contributed by atoms with Gasteiger partial charge in [-0.2, -0.15) is 0 Å². The highest BCUT2D eigenvalue weighted by molar-refractivity contribution is 6.74. The third-order valence-electron chi connectivity index (χ3n) is 14.5. The number of carbonyl (C=O) groups excluding carboxylic acids is 3. The SMILES string of the molecule is CC(C)(C)OC(=O)N(CCCCOC(=O)c1ccc(COc2cccc([C@@H](NC(=O)O[C@H]3CN4CCC3CC4)c3ccccc3)c2)o1)C[C@H](O[Si](C)(C)C(C)(C)C)c1ccc(OCc2ccccc2)c2[nH]c(=O)ccc12.O=CO. The number of furan rings is 1. The van der Waals surface area contributed by atoms with E-state index in [1.807, 2.05) is 118 Å². The Bertz CT molecular complexity index is 3020. The van der Waals surface area contributed by atoms with Gasteiger partial charge in [-0.05, 0) is 142 Å². The van der Waals surface area contributed by atoms with E-state index in [9.17, 15) is 19.2 Å². The predicted molar refractivity (Wildman–Crippen MR) is 303 cm³/mol. The van der Waals surface area contributed by atoms with Gasteiger partial charge in [-0.15, -0.1) is 0 Å². The maximum Gasteiger partial charge on any atom is 0.410 e. The number of hydrogen-bond acceptors (Lipinski definition) is 13. The molecule has 3 aliphatic heterocycles. The Labute approximate surface area is 463 Å². The van der Waals surface area contributed by atoms with Crippen LogP contribution in [0.1, 0.15) is 118 Å². The molecule has 0 saturated carbocycles. The molecule has 18 heteroatoms. The molecule has 6 aromatic rings. The second-order valence-electron chi connectivity index (χ2n) is 22.5. The zero-order chi connectivity index (χ0) is 56.7. The Morgan fingerprint density at radius 2 is 1.54 bits per heavy atom. The lowest BCUT2D eigenvalue weighted by molar-refractivity contribution is -0.122. The van der Waals surface area contributed by atoms with Crippen LogP contribution in [0.15, 0.2) is 131 Å². The standard InChI is InChI=1S/C60H74N4O11Si.CH2O2/c1-59(2,3)74-58(68)64(38-52(75-76(7,8)60(4,5)6)47-25-28-49(55-48(47)26-29-53(65)61-55)71-39-41-18-11-9-12-19-41)32-15-16-35-69-56(66)50-27-24-46(72-50)40-70-45-23-17-22-44(36-45)54(43-20-13-10-14-21-43)62-57(67)73-51-37-63-33-30-42(51)31-34-63;2-1-3/h9-14,17-29,36,42,51-52,54H,15-16,30-35,37-40H2,1-8H3,(H,61,65)(H,62,67);1H,(H,2,3)/t51-,52-,54-;/m0./s1. The number of piperidine rings is 3. The van der Waals surface area contributed by atoms with Crippen molar-refractivity contribution < 1.29 is 56.8 Å². The molecule has 2 bridgehead atoms. The Morgan fingerprint density at radius 3 is 2.22 bits per heavy atom. The second kappa shape index (κ2) is 27.0. The first-order chi connectivity index (χ1) is 37.7. The molecule has 17 nitrogen and oxygen atoms in total. The molecule has 4 aromatic carbocycles. The summed E-state index contributed by atoms with van der Waals surface area (Å²) in [6.45, 7) is 19.8. The van der Waals surface area contributed by atoms with E-state index in [1.54, 1.807) is 23.1 Å². The van der Waals surface area contributed by atoms with E-state index in [2.05, 4.69) is 49.1 Å². The number of H-pyrrole nitrogens is 1. The number of carboxylic acid groups (broad SMARTS) is 1. The van der Waals surface area contributed by atoms with Gasteiger partial charge in [0.15, 0.2) is 8.32 Å². The molecule has 3 fully saturated rings. The minimum Gasteiger partial charge on any atom is -0.487 e. The van der Waals surface area contributed by atoms with E-state index >= 15 is 0 Å². The molecule has 3 aliphatic rings. The number of benzene rings is 4. The summed E-state index contributed by atoms with van der Waals surface area (Å²) in [6, 6.07) is 36.9. The Hall–Kier alpha value is -7.41. The van der Waals surface area contributed by atoms with Crippen LogP contribution in [0.3, 0.4) is 0 Å². The highest BCUT2D eigenvalue weighted by atomic mass is 28.4. The van der Waals surface area contributed by atoms with Crippen LogP contribution in [0.4, 0.5) is 9.59 Å². The summed E-state index contributed by atoms with van der Waals surface area (Å²) in [5.41, 5.74) is 3.00. The van der Waals surface area contributed by atoms with Gasteiger partial charge in [-0.1, -0.05) is 99.6 Å². The summed E-state index contributed by atoms with van der Waals surface area (Å²) < 4.78 is 43.1. The number of fused-ring (bicyclic) bond motifs is 4. The highest BCUT2D eigenvalue weighted by Gasteiger charge is 2.41. The maximum absolute atomic E-state index is 14.1. The lowest BCUT2D eigenvalue weighted by atomic mass is 9.86. The molecule has 0 radical (unpaired) electrons. The lowest BCUT2D eigenvalue weighted by Crippen LogP contribution is -2.52. The number of rotatable bonds is 21. The number of hydrogen-bond donors (Lipinski definition) is 3. The molecule has 0 unspecified atom stereocenters. The number of aromatic amines is 1. The van der Waals surface area contributed by atoms with E-state index in [0.29, 0.717) is 48.1 Å². The van der Waals surface area contributed by atoms with E-state index in [0.717, 1.165) is 60.1 Å². The van der Waals surface area contributed by atoms with E-state index in [1.165, 1.54) is 6.07 Å². The average molecular weight is 1100 g/mol. The summed E-state index contributed by atoms with van der Waals surface area (Å²) >= 11 is 0. The van der Waals surface area contributed by atoms with Crippen LogP contribution in [0.2, 0.25) is 18.1 Å². The minimum atomic E-state index is -2.49. The van der Waals surface area contributed by atoms with Gasteiger partial charge < -0.3 is 52.8 Å². The van der Waals surface area contributed by atoms with Crippen LogP contribution in [0.25, 0.3) is 10.9 Å². The van der Waals surface area contributed by atoms with Crippen LogP contribution >= 0.6 is 0 Å². The number of carbonyl (C=O) groups is 4. The average Bonchev–Trinajstić information content (AvgIpc) is 3.97. The number of nitrogens with zero attached hydrogens (tertiary/aromatic N) is 2. The Morgan fingerprint density at radius 1 is 0.848 bits per heavy atom. The van der Waals surface area contributed by atoms with Gasteiger partial charge in [0, 0.05) is 24.5 Å². The number of aromatic nitrogens is 1. The van der Waals surface area contributed by atoms with Gasteiger partial charge in [0.05, 0.1) is 30.8 Å². The Kier molecular flexibility index (Phi) is 20.2. The number of ether oxygens (including phenoxy) is 5. The van der Waals surface area contributed by atoms with Crippen LogP contribution < -0.4 is 20.3 Å². The van der Waals surface area contributed by atoms with Crippen molar-refractivity contribution in [1.29, 1.82) is 0 Å². The number of nitrogens with one attached hydrogen (secondary N) is 2. The van der Waals surface area contributed by atoms with Gasteiger partial charge in [0.2, 0.25) is 11.3 Å². The quantitative estimate of drug-likeness (QED) is 0.0201. The molecule has 0 spiro atoms. The number of esters is 1. The van der Waals surface area contributed by atoms with Crippen molar-refractivity contribution in [3.63, 3.8) is 0 Å². The highest BCUT2D eigenvalue weighted by Crippen LogP contribution is 2.42. The first-order valence-corrected chi connectivity index (χ1v) is 29.9. The van der Waals surface area contributed by atoms with Crippen molar-refractivity contribution in [3.8, 4) is 11.5 Å². The molecule has 3 N–H and O–H groups in total. The lowest BCUT2D eigenvalue weighted by Gasteiger charge is -2.43. The topological polar surface area (TPSA) is 208 Å². The van der Waals surface area contributed by atoms with Crippen molar-refractivity contribution >= 4 is 43.8 Å². The maximum atomic E-state index is 14.1. The van der Waals surface area contributed by atoms with E-state index in [-0.39, 0.29) is 55.2 Å². The van der Waals surface area contributed by atoms with Crippen LogP contribution in [-0.4, -0.2) is 104 Å². The molecule has 3 atom stereocenters. The molecule has 2 amide bonds. The molecule has 2 aromatic heterocycles. The van der Waals surface area contributed by atoms with E-state index < -0.39 is 44.2 Å². The predicted octanol–water partition coefficient (Wildman–Crippen LogP) is 11.8. The number of amides is 2. The fourth-order valence-electron chi connectivity index (χ4n) is 9.38. The summed E-state index contributed by atoms with van der Waals surface area (Å²) in [5.74, 6) is 1.30. The normalized spacial score (nSPS) is 16.8. The third-order valence-corrected chi connectivity index (χ3v) is 19.0. The molecule has 79 heavy (non-hydrogen) atoms. The van der Waals surface area contributed by atoms with Crippen LogP contribution in [0, 0.1) is 5.92 Å². The molecule has 0 aliphatic carbocycles. The number of unbranched alkanes of at least 4 members (excludes halogenated alkanes) is 1. The van der Waals surface area contributed by atoms with Crippen molar-refractivity contribution in [2.24, 2.45) is 5.92 Å². The first kappa shape index (κ1) is 59.3. The van der Waals surface area contributed by atoms with Gasteiger partial charge in [0.1, 0.15) is 42.2 Å². The van der Waals surface area contributed by atoms with E-state index in [4.69, 9.17) is 42.4 Å². The molecular weight excluding hydrogens is 1020 g/mol. The summed E-state index contributed by atoms with van der Waals surface area (Å²) in [4.78, 5) is 68.8. The number of pyridine rings is 1. The molecule has 422 valence electrons. The zero-order valence-electron chi connectivity index (χ0n) is 46.7. The number of alkyl carbamates (subject to hydrolysis) is 1. The smallest absolute Gasteiger partial charge is 0.410 e. The van der Waals surface area contributed by atoms with Crippen molar-refractivity contribution in [2.45, 2.75) is 122 Å². The van der Waals surface area contributed by atoms with Gasteiger partial charge in [0.25, 0.3) is 6.47 Å².